The number of carbonyl (C=O) groups is 3. The summed E-state index contributed by atoms with van der Waals surface area (Å²) in [6.07, 6.45) is 0.869. The highest BCUT2D eigenvalue weighted by Crippen LogP contribution is 2.26. The Labute approximate surface area is 113 Å². The number of ether oxygens (including phenoxy) is 1. The average Bonchev–Trinajstić information content (AvgIpc) is 2.73. The molecule has 0 aliphatic carbocycles. The van der Waals surface area contributed by atoms with Gasteiger partial charge in [-0.05, 0) is 17.7 Å². The number of halogens is 1. The van der Waals surface area contributed by atoms with Crippen LogP contribution in [-0.2, 0) is 14.3 Å². The van der Waals surface area contributed by atoms with E-state index in [1.807, 2.05) is 0 Å². The maximum absolute atomic E-state index is 11.8. The maximum Gasteiger partial charge on any atom is 0.351 e. The first-order valence-electron chi connectivity index (χ1n) is 5.29. The van der Waals surface area contributed by atoms with Crippen LogP contribution in [0.1, 0.15) is 11.6 Å². The van der Waals surface area contributed by atoms with E-state index in [-0.39, 0.29) is 0 Å². The van der Waals surface area contributed by atoms with Gasteiger partial charge in [0.2, 0.25) is 0 Å². The van der Waals surface area contributed by atoms with Crippen LogP contribution in [0.2, 0.25) is 5.02 Å². The third-order valence-corrected chi connectivity index (χ3v) is 2.85. The summed E-state index contributed by atoms with van der Waals surface area (Å²) in [5.74, 6) is -1.38. The molecule has 0 saturated carbocycles. The summed E-state index contributed by atoms with van der Waals surface area (Å²) in [5.41, 5.74) is 0.420. The van der Waals surface area contributed by atoms with E-state index >= 15 is 0 Å². The average molecular weight is 281 g/mol. The van der Waals surface area contributed by atoms with Crippen LogP contribution in [0.3, 0.4) is 0 Å². The second kappa shape index (κ2) is 5.19. The van der Waals surface area contributed by atoms with E-state index in [1.54, 1.807) is 24.3 Å². The number of aliphatic imine (C=N–C) groups is 1. The summed E-state index contributed by atoms with van der Waals surface area (Å²) >= 11 is 5.76. The van der Waals surface area contributed by atoms with Gasteiger partial charge in [0, 0.05) is 5.02 Å². The van der Waals surface area contributed by atoms with E-state index in [1.165, 1.54) is 7.11 Å². The number of hydrogen-bond donors (Lipinski definition) is 0. The van der Waals surface area contributed by atoms with E-state index in [0.29, 0.717) is 10.6 Å². The molecule has 1 aromatic carbocycles. The van der Waals surface area contributed by atoms with E-state index in [2.05, 4.69) is 9.73 Å². The number of methoxy groups -OCH3 is 1. The lowest BCUT2D eigenvalue weighted by atomic mass is 10.1. The number of imide groups is 1. The molecule has 1 aromatic rings. The molecule has 2 rings (SSSR count). The molecule has 3 amide bonds. The predicted molar refractivity (Wildman–Crippen MR) is 66.9 cm³/mol. The van der Waals surface area contributed by atoms with Crippen LogP contribution in [0.4, 0.5) is 4.79 Å². The van der Waals surface area contributed by atoms with Crippen LogP contribution in [0.25, 0.3) is 0 Å². The monoisotopic (exact) mass is 280 g/mol. The molecule has 6 nitrogen and oxygen atoms in total. The second-order valence-corrected chi connectivity index (χ2v) is 4.16. The van der Waals surface area contributed by atoms with Crippen LogP contribution in [-0.4, -0.2) is 36.1 Å². The van der Waals surface area contributed by atoms with Gasteiger partial charge in [0.1, 0.15) is 0 Å². The van der Waals surface area contributed by atoms with Crippen LogP contribution in [0, 0.1) is 0 Å². The topological polar surface area (TPSA) is 76.0 Å². The number of esters is 1. The van der Waals surface area contributed by atoms with Gasteiger partial charge < -0.3 is 4.74 Å². The van der Waals surface area contributed by atoms with Crippen molar-refractivity contribution in [1.29, 1.82) is 0 Å². The molecule has 0 spiro atoms. The minimum absolute atomic E-state index is 0.420. The van der Waals surface area contributed by atoms with Gasteiger partial charge in [0.25, 0.3) is 5.91 Å². The quantitative estimate of drug-likeness (QED) is 0.788. The van der Waals surface area contributed by atoms with Crippen molar-refractivity contribution in [2.75, 3.05) is 7.11 Å². The molecule has 0 bridgehead atoms. The summed E-state index contributed by atoms with van der Waals surface area (Å²) in [5, 5.41) is 0.475. The SMILES string of the molecule is COC(=O)C(c1ccc(Cl)cc1)N1C(=O)C=NC1=O. The summed E-state index contributed by atoms with van der Waals surface area (Å²) < 4.78 is 4.63. The number of benzene rings is 1. The zero-order valence-corrected chi connectivity index (χ0v) is 10.6. The fourth-order valence-corrected chi connectivity index (χ4v) is 1.84. The fourth-order valence-electron chi connectivity index (χ4n) is 1.71. The van der Waals surface area contributed by atoms with Crippen molar-refractivity contribution >= 4 is 35.7 Å². The number of hydrogen-bond acceptors (Lipinski definition) is 4. The Kier molecular flexibility index (Phi) is 3.62. The van der Waals surface area contributed by atoms with Crippen molar-refractivity contribution in [3.63, 3.8) is 0 Å². The van der Waals surface area contributed by atoms with Crippen LogP contribution >= 0.6 is 11.6 Å². The molecule has 19 heavy (non-hydrogen) atoms. The molecule has 0 aromatic heterocycles. The minimum Gasteiger partial charge on any atom is -0.467 e. The molecule has 1 heterocycles. The smallest absolute Gasteiger partial charge is 0.351 e. The van der Waals surface area contributed by atoms with E-state index in [9.17, 15) is 14.4 Å². The molecule has 1 unspecified atom stereocenters. The lowest BCUT2D eigenvalue weighted by molar-refractivity contribution is -0.148. The zero-order chi connectivity index (χ0) is 14.0. The Bertz CT molecular complexity index is 550. The van der Waals surface area contributed by atoms with E-state index in [4.69, 9.17) is 11.6 Å². The molecular weight excluding hydrogens is 272 g/mol. The van der Waals surface area contributed by atoms with Gasteiger partial charge in [-0.3, -0.25) is 4.79 Å². The zero-order valence-electron chi connectivity index (χ0n) is 9.87. The predicted octanol–water partition coefficient (Wildman–Crippen LogP) is 1.59. The summed E-state index contributed by atoms with van der Waals surface area (Å²) in [6, 6.07) is 4.24. The highest BCUT2D eigenvalue weighted by Gasteiger charge is 2.38. The van der Waals surface area contributed by atoms with Crippen LogP contribution in [0.15, 0.2) is 29.3 Å². The molecular formula is C12H9ClN2O4. The van der Waals surface area contributed by atoms with Crippen molar-refractivity contribution in [2.45, 2.75) is 6.04 Å². The summed E-state index contributed by atoms with van der Waals surface area (Å²) in [7, 11) is 1.18. The summed E-state index contributed by atoms with van der Waals surface area (Å²) in [4.78, 5) is 39.1. The van der Waals surface area contributed by atoms with Crippen molar-refractivity contribution in [1.82, 2.24) is 4.90 Å². The van der Waals surface area contributed by atoms with E-state index < -0.39 is 23.9 Å². The van der Waals surface area contributed by atoms with Gasteiger partial charge in [0.15, 0.2) is 6.04 Å². The van der Waals surface area contributed by atoms with Gasteiger partial charge in [-0.1, -0.05) is 23.7 Å². The fraction of sp³-hybridized carbons (Fsp3) is 0.167. The number of rotatable bonds is 3. The molecule has 0 N–H and O–H groups in total. The normalized spacial score (nSPS) is 15.8. The number of nitrogens with zero attached hydrogens (tertiary/aromatic N) is 2. The number of carbonyl (C=O) groups excluding carboxylic acids is 3. The molecule has 98 valence electrons. The molecule has 7 heteroatoms. The van der Waals surface area contributed by atoms with Gasteiger partial charge in [0.05, 0.1) is 13.3 Å². The highest BCUT2D eigenvalue weighted by atomic mass is 35.5. The minimum atomic E-state index is -1.16. The first kappa shape index (κ1) is 13.2. The van der Waals surface area contributed by atoms with Gasteiger partial charge in [-0.15, -0.1) is 0 Å². The van der Waals surface area contributed by atoms with Crippen molar-refractivity contribution in [2.24, 2.45) is 4.99 Å². The Morgan fingerprint density at radius 2 is 1.95 bits per heavy atom. The Morgan fingerprint density at radius 3 is 2.42 bits per heavy atom. The molecule has 0 fully saturated rings. The third-order valence-electron chi connectivity index (χ3n) is 2.60. The highest BCUT2D eigenvalue weighted by molar-refractivity contribution is 6.36. The van der Waals surface area contributed by atoms with Gasteiger partial charge >= 0.3 is 12.0 Å². The van der Waals surface area contributed by atoms with E-state index in [0.717, 1.165) is 11.1 Å². The molecule has 1 atom stereocenters. The lowest BCUT2D eigenvalue weighted by Gasteiger charge is -2.22. The lowest BCUT2D eigenvalue weighted by Crippen LogP contribution is -2.39. The maximum atomic E-state index is 11.8. The van der Waals surface area contributed by atoms with Crippen molar-refractivity contribution in [3.8, 4) is 0 Å². The number of amides is 3. The first-order valence-corrected chi connectivity index (χ1v) is 5.67. The molecule has 0 radical (unpaired) electrons. The third kappa shape index (κ3) is 2.48. The largest absolute Gasteiger partial charge is 0.467 e. The molecule has 1 aliphatic rings. The Morgan fingerprint density at radius 1 is 1.32 bits per heavy atom. The first-order chi connectivity index (χ1) is 9.04. The van der Waals surface area contributed by atoms with Gasteiger partial charge in [-0.25, -0.2) is 14.5 Å². The molecule has 0 saturated heterocycles. The van der Waals surface area contributed by atoms with Gasteiger partial charge in [-0.2, -0.15) is 4.99 Å². The van der Waals surface area contributed by atoms with Crippen molar-refractivity contribution < 1.29 is 19.1 Å². The van der Waals surface area contributed by atoms with Crippen LogP contribution in [0.5, 0.6) is 0 Å². The number of urea groups is 1. The van der Waals surface area contributed by atoms with Crippen LogP contribution < -0.4 is 0 Å². The van der Waals surface area contributed by atoms with Crippen molar-refractivity contribution in [3.05, 3.63) is 34.9 Å². The Balaban J connectivity index is 2.42. The second-order valence-electron chi connectivity index (χ2n) is 3.73. The Hall–Kier alpha value is -2.21. The summed E-state index contributed by atoms with van der Waals surface area (Å²) in [6.45, 7) is 0. The standard InChI is InChI=1S/C12H9ClN2O4/c1-19-11(17)10(7-2-4-8(13)5-3-7)15-9(16)6-14-12(15)18/h2-6,10H,1H3. The molecule has 1 aliphatic heterocycles.